The molecule has 0 N–H and O–H groups in total. The van der Waals surface area contributed by atoms with Gasteiger partial charge in [0.1, 0.15) is 0 Å². The minimum absolute atomic E-state index is 1.15. The first-order valence-electron chi connectivity index (χ1n) is 42.1. The topological polar surface area (TPSA) is 19.7 Å². The summed E-state index contributed by atoms with van der Waals surface area (Å²) in [6.45, 7) is 8.67. The molecule has 580 valence electrons. The van der Waals surface area contributed by atoms with Gasteiger partial charge in [0.25, 0.3) is 0 Å². The van der Waals surface area contributed by atoms with Crippen molar-refractivity contribution in [2.45, 2.75) is 27.7 Å². The first-order valence-corrected chi connectivity index (χ1v) is 42.1. The molecular formula is C118H88N4. The highest BCUT2D eigenvalue weighted by molar-refractivity contribution is 6.14. The van der Waals surface area contributed by atoms with Gasteiger partial charge >= 0.3 is 0 Å². The van der Waals surface area contributed by atoms with Gasteiger partial charge in [0, 0.05) is 65.8 Å². The predicted octanol–water partition coefficient (Wildman–Crippen LogP) is 32.0. The highest BCUT2D eigenvalue weighted by Gasteiger charge is 2.27. The summed E-state index contributed by atoms with van der Waals surface area (Å²) >= 11 is 0. The summed E-state index contributed by atoms with van der Waals surface area (Å²) in [5.41, 5.74) is 37.1. The van der Waals surface area contributed by atoms with Gasteiger partial charge in [-0.2, -0.15) is 0 Å². The molecule has 0 atom stereocenters. The van der Waals surface area contributed by atoms with E-state index in [9.17, 15) is 0 Å². The van der Waals surface area contributed by atoms with Crippen LogP contribution in [-0.2, 0) is 0 Å². The van der Waals surface area contributed by atoms with Crippen molar-refractivity contribution in [3.8, 4) is 101 Å². The van der Waals surface area contributed by atoms with Crippen molar-refractivity contribution in [3.05, 3.63) is 483 Å². The Hall–Kier alpha value is -15.6. The molecule has 0 aliphatic carbocycles. The Balaban J connectivity index is 0.000000107. The fourth-order valence-corrected chi connectivity index (χ4v) is 18.3. The van der Waals surface area contributed by atoms with Gasteiger partial charge < -0.3 is 18.3 Å². The van der Waals surface area contributed by atoms with Crippen LogP contribution >= 0.6 is 0 Å². The number of benzene rings is 19. The average molecular weight is 1560 g/mol. The van der Waals surface area contributed by atoms with Crippen LogP contribution in [-0.4, -0.2) is 18.3 Å². The minimum Gasteiger partial charge on any atom is -0.309 e. The molecule has 0 radical (unpaired) electrons. The van der Waals surface area contributed by atoms with E-state index in [1.54, 1.807) is 0 Å². The molecule has 4 heteroatoms. The number of fused-ring (bicyclic) bond motifs is 12. The lowest BCUT2D eigenvalue weighted by Crippen LogP contribution is -2.01. The summed E-state index contributed by atoms with van der Waals surface area (Å²) < 4.78 is 9.52. The van der Waals surface area contributed by atoms with Gasteiger partial charge in [-0.3, -0.25) is 0 Å². The van der Waals surface area contributed by atoms with E-state index in [-0.39, 0.29) is 0 Å². The molecule has 0 unspecified atom stereocenters. The monoisotopic (exact) mass is 1560 g/mol. The van der Waals surface area contributed by atoms with Crippen LogP contribution in [0.4, 0.5) is 0 Å². The molecule has 23 aromatic rings. The van der Waals surface area contributed by atoms with Gasteiger partial charge in [0.05, 0.1) is 44.1 Å². The van der Waals surface area contributed by atoms with Gasteiger partial charge in [-0.15, -0.1) is 0 Å². The van der Waals surface area contributed by atoms with E-state index < -0.39 is 0 Å². The number of para-hydroxylation sites is 8. The van der Waals surface area contributed by atoms with Gasteiger partial charge in [-0.05, 0) is 202 Å². The van der Waals surface area contributed by atoms with Gasteiger partial charge in [0.2, 0.25) is 0 Å². The number of rotatable bonds is 11. The van der Waals surface area contributed by atoms with Crippen LogP contribution in [0.15, 0.2) is 461 Å². The molecule has 4 nitrogen and oxygen atoms in total. The van der Waals surface area contributed by atoms with Gasteiger partial charge in [0.15, 0.2) is 0 Å². The summed E-state index contributed by atoms with van der Waals surface area (Å²) in [7, 11) is 0. The number of hydrogen-bond donors (Lipinski definition) is 0. The third-order valence-electron chi connectivity index (χ3n) is 24.0. The van der Waals surface area contributed by atoms with E-state index in [1.807, 2.05) is 0 Å². The van der Waals surface area contributed by atoms with E-state index in [0.717, 1.165) is 11.4 Å². The fourth-order valence-electron chi connectivity index (χ4n) is 18.3. The fraction of sp³-hybridized carbons (Fsp3) is 0.0339. The highest BCUT2D eigenvalue weighted by atomic mass is 15.0. The third kappa shape index (κ3) is 14.2. The molecule has 0 saturated carbocycles. The predicted molar refractivity (Wildman–Crippen MR) is 520 cm³/mol. The average Bonchev–Trinajstić information content (AvgIpc) is 1.35. The normalized spacial score (nSPS) is 11.3. The van der Waals surface area contributed by atoms with E-state index in [1.165, 1.54) is 199 Å². The molecular weight excluding hydrogens is 1470 g/mol. The number of nitrogens with zero attached hydrogens (tertiary/aromatic N) is 4. The quantitative estimate of drug-likeness (QED) is 0.123. The molecule has 0 saturated heterocycles. The van der Waals surface area contributed by atoms with E-state index >= 15 is 0 Å². The zero-order chi connectivity index (χ0) is 82.0. The maximum Gasteiger partial charge on any atom is 0.0541 e. The SMILES string of the molecule is Cc1c(-c2ccccc2)c(-c2ccccc2)c(-c2ccccc2)c(-c2ccccc2)c1-c1ccccc1.Cc1ccc(-c2cc(-n3c4ccccc4c4ccccc43)cc(-n3c4ccccc4c4ccccc43)c2)cc1.Cc1ccc(-c2ccc(-n3c4ccccc4c4ccccc43)cc2)cc1.Cc1ccc(-n2c3ccccc3c3ccccc32)cc1. The lowest BCUT2D eigenvalue weighted by molar-refractivity contribution is 1.13. The van der Waals surface area contributed by atoms with Crippen molar-refractivity contribution in [2.75, 3.05) is 0 Å². The first kappa shape index (κ1) is 75.1. The lowest BCUT2D eigenvalue weighted by Gasteiger charge is -2.27. The van der Waals surface area contributed by atoms with Crippen molar-refractivity contribution in [1.29, 1.82) is 0 Å². The van der Waals surface area contributed by atoms with Crippen molar-refractivity contribution >= 4 is 87.2 Å². The molecule has 0 fully saturated rings. The summed E-state index contributed by atoms with van der Waals surface area (Å²) in [4.78, 5) is 0. The molecule has 0 bridgehead atoms. The van der Waals surface area contributed by atoms with E-state index in [4.69, 9.17) is 0 Å². The maximum absolute atomic E-state index is 2.42. The molecule has 4 heterocycles. The van der Waals surface area contributed by atoms with E-state index in [0.29, 0.717) is 0 Å². The maximum atomic E-state index is 2.42. The second kappa shape index (κ2) is 33.1. The third-order valence-corrected chi connectivity index (χ3v) is 24.0. The van der Waals surface area contributed by atoms with Crippen LogP contribution < -0.4 is 0 Å². The Kier molecular flexibility index (Phi) is 20.4. The first-order chi connectivity index (χ1) is 60.2. The standard InChI is InChI=1S/C37H26N2.C37H28.C25H19N.C19H15N/c1-25-18-20-26(21-19-25)27-22-28(38-34-14-6-2-10-30(34)31-11-3-7-15-35(31)38)24-29(23-27)39-36-16-8-4-12-32(36)33-13-5-9-17-37(33)39;1-27-33(28-17-7-2-8-18-28)35(30-21-11-4-12-22-30)37(32-25-15-6-16-26-32)36(31-23-13-5-14-24-31)34(27)29-19-9-3-10-20-29;1-18-10-12-19(13-11-18)20-14-16-21(17-15-20)26-24-8-4-2-6-22(24)23-7-3-5-9-25(23)26;1-14-10-12-15(13-11-14)20-18-8-4-2-6-16(18)17-7-3-5-9-19(17)20/h2-24H,1H3;2-26H,1H3;2-17H,1H3;2-13H,1H3. The summed E-state index contributed by atoms with van der Waals surface area (Å²) in [5, 5.41) is 10.3. The van der Waals surface area contributed by atoms with E-state index in [2.05, 4.69) is 507 Å². The molecule has 0 aliphatic heterocycles. The Bertz CT molecular complexity index is 7260. The van der Waals surface area contributed by atoms with Crippen molar-refractivity contribution in [3.63, 3.8) is 0 Å². The highest BCUT2D eigenvalue weighted by Crippen LogP contribution is 2.53. The van der Waals surface area contributed by atoms with Gasteiger partial charge in [-0.1, -0.05) is 387 Å². The minimum atomic E-state index is 1.15. The number of hydrogen-bond acceptors (Lipinski definition) is 0. The Morgan fingerprint density at radius 1 is 0.131 bits per heavy atom. The van der Waals surface area contributed by atoms with Gasteiger partial charge in [-0.25, -0.2) is 0 Å². The number of aryl methyl sites for hydroxylation is 3. The zero-order valence-corrected chi connectivity index (χ0v) is 68.7. The molecule has 0 aliphatic rings. The van der Waals surface area contributed by atoms with Crippen molar-refractivity contribution in [2.24, 2.45) is 0 Å². The Labute approximate surface area is 712 Å². The Morgan fingerprint density at radius 2 is 0.311 bits per heavy atom. The summed E-state index contributed by atoms with van der Waals surface area (Å²) in [5.74, 6) is 0. The van der Waals surface area contributed by atoms with Crippen LogP contribution in [0.1, 0.15) is 22.3 Å². The van der Waals surface area contributed by atoms with Crippen LogP contribution in [0.2, 0.25) is 0 Å². The summed E-state index contributed by atoms with van der Waals surface area (Å²) in [6.07, 6.45) is 0. The van der Waals surface area contributed by atoms with Crippen LogP contribution in [0, 0.1) is 27.7 Å². The molecule has 0 amide bonds. The van der Waals surface area contributed by atoms with Crippen LogP contribution in [0.25, 0.3) is 188 Å². The Morgan fingerprint density at radius 3 is 0.566 bits per heavy atom. The lowest BCUT2D eigenvalue weighted by atomic mass is 9.76. The molecule has 0 spiro atoms. The van der Waals surface area contributed by atoms with Crippen LogP contribution in [0.3, 0.4) is 0 Å². The molecule has 4 aromatic heterocycles. The molecule has 19 aromatic carbocycles. The number of aromatic nitrogens is 4. The molecule has 122 heavy (non-hydrogen) atoms. The molecule has 23 rings (SSSR count). The van der Waals surface area contributed by atoms with Crippen molar-refractivity contribution in [1.82, 2.24) is 18.3 Å². The second-order valence-electron chi connectivity index (χ2n) is 31.7. The summed E-state index contributed by atoms with van der Waals surface area (Å²) in [6, 6.07) is 166. The second-order valence-corrected chi connectivity index (χ2v) is 31.7. The van der Waals surface area contributed by atoms with Crippen LogP contribution in [0.5, 0.6) is 0 Å². The van der Waals surface area contributed by atoms with Crippen molar-refractivity contribution < 1.29 is 0 Å². The zero-order valence-electron chi connectivity index (χ0n) is 68.7. The largest absolute Gasteiger partial charge is 0.309 e. The smallest absolute Gasteiger partial charge is 0.0541 e.